The Hall–Kier alpha value is -3.85. The molecule has 0 heterocycles. The van der Waals surface area contributed by atoms with Crippen LogP contribution in [0.1, 0.15) is 28.1 Å². The van der Waals surface area contributed by atoms with Crippen LogP contribution in [-0.4, -0.2) is 23.9 Å². The molecule has 6 nitrogen and oxygen atoms in total. The predicted molar refractivity (Wildman–Crippen MR) is 164 cm³/mol. The molecular weight excluding hydrogens is 550 g/mol. The van der Waals surface area contributed by atoms with Crippen molar-refractivity contribution in [3.05, 3.63) is 113 Å². The number of thioether (sulfide) groups is 1. The molecule has 0 bridgehead atoms. The molecule has 0 saturated heterocycles. The van der Waals surface area contributed by atoms with Crippen molar-refractivity contribution in [2.45, 2.75) is 17.1 Å². The number of benzene rings is 4. The number of hydrogen-bond acceptors (Lipinski definition) is 5. The number of thiocarbonyl (C=S) groups is 1. The molecule has 0 radical (unpaired) electrons. The fourth-order valence-electron chi connectivity index (χ4n) is 3.72. The zero-order chi connectivity index (χ0) is 27.8. The number of amides is 1. The molecule has 4 rings (SSSR count). The zero-order valence-electron chi connectivity index (χ0n) is 21.2. The van der Waals surface area contributed by atoms with Crippen LogP contribution in [0, 0.1) is 0 Å². The highest BCUT2D eigenvalue weighted by Gasteiger charge is 2.23. The van der Waals surface area contributed by atoms with E-state index in [1.54, 1.807) is 49.6 Å². The first kappa shape index (κ1) is 28.2. The van der Waals surface area contributed by atoms with Gasteiger partial charge in [-0.2, -0.15) is 0 Å². The predicted octanol–water partition coefficient (Wildman–Crippen LogP) is 7.83. The largest absolute Gasteiger partial charge is 0.495 e. The topological polar surface area (TPSA) is 79.5 Å². The molecule has 0 aromatic heterocycles. The van der Waals surface area contributed by atoms with Crippen LogP contribution in [-0.2, 0) is 4.79 Å². The highest BCUT2D eigenvalue weighted by Crippen LogP contribution is 2.37. The number of ketones is 1. The monoisotopic (exact) mass is 575 g/mol. The molecule has 39 heavy (non-hydrogen) atoms. The highest BCUT2D eigenvalue weighted by molar-refractivity contribution is 8.00. The van der Waals surface area contributed by atoms with E-state index in [-0.39, 0.29) is 11.7 Å². The molecule has 9 heteroatoms. The smallest absolute Gasteiger partial charge is 0.242 e. The number of anilines is 3. The van der Waals surface area contributed by atoms with Gasteiger partial charge in [0, 0.05) is 27.5 Å². The summed E-state index contributed by atoms with van der Waals surface area (Å²) >= 11 is 13.1. The van der Waals surface area contributed by atoms with Crippen molar-refractivity contribution in [2.24, 2.45) is 0 Å². The van der Waals surface area contributed by atoms with Crippen molar-refractivity contribution in [3.8, 4) is 5.75 Å². The summed E-state index contributed by atoms with van der Waals surface area (Å²) in [5, 5.41) is 9.57. The molecule has 198 valence electrons. The van der Waals surface area contributed by atoms with E-state index in [0.717, 1.165) is 21.8 Å². The highest BCUT2D eigenvalue weighted by atomic mass is 35.5. The quantitative estimate of drug-likeness (QED) is 0.107. The van der Waals surface area contributed by atoms with E-state index in [9.17, 15) is 9.59 Å². The molecule has 1 amide bonds. The summed E-state index contributed by atoms with van der Waals surface area (Å²) in [6, 6.07) is 29.5. The normalized spacial score (nSPS) is 11.3. The first-order valence-corrected chi connectivity index (χ1v) is 13.6. The molecule has 3 N–H and O–H groups in total. The summed E-state index contributed by atoms with van der Waals surface area (Å²) in [6.07, 6.45) is 0. The van der Waals surface area contributed by atoms with Crippen molar-refractivity contribution in [3.63, 3.8) is 0 Å². The number of rotatable bonds is 9. The first-order chi connectivity index (χ1) is 18.8. The molecule has 4 aromatic carbocycles. The van der Waals surface area contributed by atoms with Crippen molar-refractivity contribution in [2.75, 3.05) is 23.1 Å². The lowest BCUT2D eigenvalue weighted by Gasteiger charge is -2.18. The lowest BCUT2D eigenvalue weighted by molar-refractivity contribution is -0.115. The summed E-state index contributed by atoms with van der Waals surface area (Å²) < 4.78 is 5.21. The van der Waals surface area contributed by atoms with Gasteiger partial charge >= 0.3 is 0 Å². The summed E-state index contributed by atoms with van der Waals surface area (Å²) in [5.41, 5.74) is 3.62. The van der Waals surface area contributed by atoms with Gasteiger partial charge < -0.3 is 20.7 Å². The van der Waals surface area contributed by atoms with Crippen LogP contribution in [0.4, 0.5) is 17.1 Å². The molecule has 4 aromatic rings. The van der Waals surface area contributed by atoms with Crippen LogP contribution in [0.2, 0.25) is 5.02 Å². The second-order valence-corrected chi connectivity index (χ2v) is 10.5. The first-order valence-electron chi connectivity index (χ1n) is 12.0. The fraction of sp³-hybridized carbons (Fsp3) is 0.100. The van der Waals surface area contributed by atoms with Gasteiger partial charge in [0.1, 0.15) is 11.0 Å². The minimum absolute atomic E-state index is 0.00634. The number of Topliss-reactive ketones (excluding diaryl/α,β-unsaturated/α-hetero) is 1. The Balaban J connectivity index is 1.47. The van der Waals surface area contributed by atoms with Gasteiger partial charge in [-0.1, -0.05) is 48.0 Å². The molecule has 0 aliphatic heterocycles. The van der Waals surface area contributed by atoms with Gasteiger partial charge in [-0.25, -0.2) is 0 Å². The van der Waals surface area contributed by atoms with E-state index in [2.05, 4.69) is 16.0 Å². The lowest BCUT2D eigenvalue weighted by Crippen LogP contribution is -2.19. The van der Waals surface area contributed by atoms with Gasteiger partial charge in [-0.3, -0.25) is 9.59 Å². The second-order valence-electron chi connectivity index (χ2n) is 8.49. The molecule has 0 fully saturated rings. The van der Waals surface area contributed by atoms with Gasteiger partial charge in [0.2, 0.25) is 5.91 Å². The van der Waals surface area contributed by atoms with Crippen molar-refractivity contribution < 1.29 is 14.3 Å². The maximum Gasteiger partial charge on any atom is 0.242 e. The second kappa shape index (κ2) is 13.3. The number of hydrogen-bond donors (Lipinski definition) is 3. The summed E-state index contributed by atoms with van der Waals surface area (Å²) in [4.78, 5) is 25.8. The number of carbonyl (C=O) groups excluding carboxylic acids is 2. The number of methoxy groups -OCH3 is 1. The minimum atomic E-state index is -0.521. The Morgan fingerprint density at radius 3 is 2.15 bits per heavy atom. The van der Waals surface area contributed by atoms with Crippen LogP contribution >= 0.6 is 35.6 Å². The average Bonchev–Trinajstić information content (AvgIpc) is 2.92. The Bertz CT molecular complexity index is 1480. The Labute approximate surface area is 242 Å². The van der Waals surface area contributed by atoms with E-state index in [1.165, 1.54) is 18.7 Å². The van der Waals surface area contributed by atoms with Crippen LogP contribution in [0.3, 0.4) is 0 Å². The van der Waals surface area contributed by atoms with Gasteiger partial charge in [-0.15, -0.1) is 11.8 Å². The zero-order valence-corrected chi connectivity index (χ0v) is 23.6. The lowest BCUT2D eigenvalue weighted by atomic mass is 10.1. The third kappa shape index (κ3) is 7.83. The van der Waals surface area contributed by atoms with Gasteiger partial charge in [0.15, 0.2) is 10.9 Å². The van der Waals surface area contributed by atoms with E-state index in [4.69, 9.17) is 28.6 Å². The molecule has 1 atom stereocenters. The number of carbonyl (C=O) groups is 2. The van der Waals surface area contributed by atoms with Gasteiger partial charge in [-0.05, 0) is 85.4 Å². The standard InChI is InChI=1S/C30H26ClN3O3S2/c1-19(35)20-11-13-22(14-12-20)33-30(38)34-23-9-6-10-25(17-23)39-28(21-7-4-3-5-8-21)29(36)32-24-15-16-27(37-2)26(31)18-24/h3-18,28H,1-2H3,(H,32,36)(H2,33,34,38). The maximum atomic E-state index is 13.4. The summed E-state index contributed by atoms with van der Waals surface area (Å²) in [5.74, 6) is 0.359. The number of ether oxygens (including phenoxy) is 1. The van der Waals surface area contributed by atoms with Crippen molar-refractivity contribution in [1.29, 1.82) is 0 Å². The third-order valence-corrected chi connectivity index (χ3v) is 7.40. The van der Waals surface area contributed by atoms with Crippen molar-refractivity contribution in [1.82, 2.24) is 0 Å². The van der Waals surface area contributed by atoms with E-state index >= 15 is 0 Å². The van der Waals surface area contributed by atoms with Crippen LogP contribution in [0.25, 0.3) is 0 Å². The van der Waals surface area contributed by atoms with E-state index in [1.807, 2.05) is 54.6 Å². The Morgan fingerprint density at radius 2 is 1.49 bits per heavy atom. The molecule has 0 aliphatic rings. The molecular formula is C30H26ClN3O3S2. The van der Waals surface area contributed by atoms with Gasteiger partial charge in [0.05, 0.1) is 12.1 Å². The maximum absolute atomic E-state index is 13.4. The molecule has 0 saturated carbocycles. The van der Waals surface area contributed by atoms with Gasteiger partial charge in [0.25, 0.3) is 0 Å². The number of nitrogens with one attached hydrogen (secondary N) is 3. The summed E-state index contributed by atoms with van der Waals surface area (Å²) in [7, 11) is 1.54. The molecule has 1 unspecified atom stereocenters. The SMILES string of the molecule is COc1ccc(NC(=O)C(Sc2cccc(NC(=S)Nc3ccc(C(C)=O)cc3)c2)c2ccccc2)cc1Cl. The van der Waals surface area contributed by atoms with Crippen LogP contribution in [0.15, 0.2) is 102 Å². The fourth-order valence-corrected chi connectivity index (χ4v) is 5.29. The Kier molecular flexibility index (Phi) is 9.59. The number of halogens is 1. The third-order valence-electron chi connectivity index (χ3n) is 5.65. The van der Waals surface area contributed by atoms with Crippen LogP contribution in [0.5, 0.6) is 5.75 Å². The Morgan fingerprint density at radius 1 is 0.821 bits per heavy atom. The average molecular weight is 576 g/mol. The van der Waals surface area contributed by atoms with E-state index < -0.39 is 5.25 Å². The molecule has 0 spiro atoms. The van der Waals surface area contributed by atoms with Crippen molar-refractivity contribution >= 4 is 69.4 Å². The van der Waals surface area contributed by atoms with E-state index in [0.29, 0.717) is 27.1 Å². The summed E-state index contributed by atoms with van der Waals surface area (Å²) in [6.45, 7) is 1.53. The molecule has 0 aliphatic carbocycles. The van der Waals surface area contributed by atoms with Crippen LogP contribution < -0.4 is 20.7 Å². The minimum Gasteiger partial charge on any atom is -0.495 e.